The van der Waals surface area contributed by atoms with Gasteiger partial charge in [-0.2, -0.15) is 0 Å². The minimum Gasteiger partial charge on any atom is -0.497 e. The van der Waals surface area contributed by atoms with Gasteiger partial charge in [0.25, 0.3) is 0 Å². The van der Waals surface area contributed by atoms with Crippen molar-refractivity contribution >= 4 is 0 Å². The zero-order chi connectivity index (χ0) is 16.7. The third-order valence-corrected chi connectivity index (χ3v) is 3.63. The molecule has 4 nitrogen and oxygen atoms in total. The molecule has 0 saturated heterocycles. The zero-order valence-corrected chi connectivity index (χ0v) is 14.1. The summed E-state index contributed by atoms with van der Waals surface area (Å²) in [6.07, 6.45) is 0.775. The first-order valence-corrected chi connectivity index (χ1v) is 7.84. The van der Waals surface area contributed by atoms with E-state index in [1.807, 2.05) is 31.2 Å². The van der Waals surface area contributed by atoms with Crippen LogP contribution in [0.3, 0.4) is 0 Å². The fraction of sp³-hybridized carbons (Fsp3) is 0.368. The normalized spacial score (nSPS) is 10.4. The molecule has 23 heavy (non-hydrogen) atoms. The van der Waals surface area contributed by atoms with Crippen molar-refractivity contribution < 1.29 is 14.2 Å². The van der Waals surface area contributed by atoms with Crippen LogP contribution in [0.15, 0.2) is 36.4 Å². The summed E-state index contributed by atoms with van der Waals surface area (Å²) in [6, 6.07) is 12.0. The molecule has 2 rings (SSSR count). The van der Waals surface area contributed by atoms with Gasteiger partial charge in [-0.15, -0.1) is 0 Å². The predicted molar refractivity (Wildman–Crippen MR) is 92.7 cm³/mol. The highest BCUT2D eigenvalue weighted by Crippen LogP contribution is 2.25. The average Bonchev–Trinajstić information content (AvgIpc) is 2.56. The van der Waals surface area contributed by atoms with Gasteiger partial charge in [-0.05, 0) is 55.6 Å². The molecule has 124 valence electrons. The van der Waals surface area contributed by atoms with Crippen LogP contribution in [-0.2, 0) is 6.42 Å². The van der Waals surface area contributed by atoms with Gasteiger partial charge in [0.2, 0.25) is 0 Å². The second-order valence-electron chi connectivity index (χ2n) is 5.48. The summed E-state index contributed by atoms with van der Waals surface area (Å²) in [5.74, 6) is 2.48. The minimum atomic E-state index is 0.470. The van der Waals surface area contributed by atoms with Gasteiger partial charge in [0.15, 0.2) is 0 Å². The lowest BCUT2D eigenvalue weighted by molar-refractivity contribution is 0.214. The van der Waals surface area contributed by atoms with Crippen molar-refractivity contribution in [3.63, 3.8) is 0 Å². The maximum absolute atomic E-state index is 5.86. The molecule has 0 unspecified atom stereocenters. The molecule has 0 spiro atoms. The van der Waals surface area contributed by atoms with Crippen LogP contribution in [0.5, 0.6) is 17.2 Å². The lowest BCUT2D eigenvalue weighted by atomic mass is 10.1. The van der Waals surface area contributed by atoms with E-state index in [2.05, 4.69) is 19.1 Å². The summed E-state index contributed by atoms with van der Waals surface area (Å²) in [5, 5.41) is 0. The largest absolute Gasteiger partial charge is 0.497 e. The minimum absolute atomic E-state index is 0.470. The number of benzene rings is 2. The quantitative estimate of drug-likeness (QED) is 0.760. The number of ether oxygens (including phenoxy) is 3. The SMILES string of the molecule is COc1ccc(CCN)c(OCCOc2cc(C)ccc2C)c1. The van der Waals surface area contributed by atoms with E-state index in [1.165, 1.54) is 5.56 Å². The fourth-order valence-corrected chi connectivity index (χ4v) is 2.32. The van der Waals surface area contributed by atoms with Crippen molar-refractivity contribution in [2.45, 2.75) is 20.3 Å². The molecule has 0 aromatic heterocycles. The van der Waals surface area contributed by atoms with Crippen LogP contribution < -0.4 is 19.9 Å². The molecule has 4 heteroatoms. The van der Waals surface area contributed by atoms with Crippen molar-refractivity contribution in [3.8, 4) is 17.2 Å². The van der Waals surface area contributed by atoms with Crippen molar-refractivity contribution in [3.05, 3.63) is 53.1 Å². The highest BCUT2D eigenvalue weighted by Gasteiger charge is 2.06. The van der Waals surface area contributed by atoms with Crippen LogP contribution in [-0.4, -0.2) is 26.9 Å². The summed E-state index contributed by atoms with van der Waals surface area (Å²) in [5.41, 5.74) is 9.04. The number of methoxy groups -OCH3 is 1. The second-order valence-corrected chi connectivity index (χ2v) is 5.48. The Labute approximate surface area is 138 Å². The Bertz CT molecular complexity index is 641. The maximum Gasteiger partial charge on any atom is 0.126 e. The van der Waals surface area contributed by atoms with E-state index >= 15 is 0 Å². The van der Waals surface area contributed by atoms with Crippen molar-refractivity contribution in [2.75, 3.05) is 26.9 Å². The van der Waals surface area contributed by atoms with Gasteiger partial charge in [0, 0.05) is 6.07 Å². The van der Waals surface area contributed by atoms with E-state index in [0.717, 1.165) is 34.8 Å². The van der Waals surface area contributed by atoms with Crippen LogP contribution >= 0.6 is 0 Å². The molecule has 0 aliphatic rings. The summed E-state index contributed by atoms with van der Waals surface area (Å²) in [6.45, 7) is 5.64. The Kier molecular flexibility index (Phi) is 6.29. The Morgan fingerprint density at radius 1 is 0.913 bits per heavy atom. The van der Waals surface area contributed by atoms with Crippen LogP contribution in [0.1, 0.15) is 16.7 Å². The van der Waals surface area contributed by atoms with Crippen molar-refractivity contribution in [2.24, 2.45) is 5.73 Å². The van der Waals surface area contributed by atoms with Gasteiger partial charge in [-0.3, -0.25) is 0 Å². The summed E-state index contributed by atoms with van der Waals surface area (Å²) in [7, 11) is 1.64. The summed E-state index contributed by atoms with van der Waals surface area (Å²) >= 11 is 0. The molecule has 0 aliphatic heterocycles. The number of hydrogen-bond donors (Lipinski definition) is 1. The average molecular weight is 315 g/mol. The van der Waals surface area contributed by atoms with Crippen LogP contribution in [0.4, 0.5) is 0 Å². The molecular formula is C19H25NO3. The van der Waals surface area contributed by atoms with Crippen LogP contribution in [0, 0.1) is 13.8 Å². The Hall–Kier alpha value is -2.20. The van der Waals surface area contributed by atoms with Gasteiger partial charge in [-0.1, -0.05) is 18.2 Å². The summed E-state index contributed by atoms with van der Waals surface area (Å²) < 4.78 is 16.9. The van der Waals surface area contributed by atoms with E-state index < -0.39 is 0 Å². The first-order valence-electron chi connectivity index (χ1n) is 7.84. The van der Waals surface area contributed by atoms with Gasteiger partial charge in [-0.25, -0.2) is 0 Å². The standard InChI is InChI=1S/C19H25NO3/c1-14-4-5-15(2)18(12-14)22-10-11-23-19-13-17(21-3)7-6-16(19)8-9-20/h4-7,12-13H,8-11,20H2,1-3H3. The molecule has 2 N–H and O–H groups in total. The van der Waals surface area contributed by atoms with Gasteiger partial charge >= 0.3 is 0 Å². The molecule has 0 fully saturated rings. The van der Waals surface area contributed by atoms with Gasteiger partial charge in [0.05, 0.1) is 7.11 Å². The van der Waals surface area contributed by atoms with Crippen molar-refractivity contribution in [1.29, 1.82) is 0 Å². The molecular weight excluding hydrogens is 290 g/mol. The number of nitrogens with two attached hydrogens (primary N) is 1. The Morgan fingerprint density at radius 3 is 2.35 bits per heavy atom. The molecule has 0 amide bonds. The molecule has 0 saturated carbocycles. The zero-order valence-electron chi connectivity index (χ0n) is 14.1. The third kappa shape index (κ3) is 4.89. The maximum atomic E-state index is 5.86. The predicted octanol–water partition coefficient (Wildman–Crippen LogP) is 3.27. The molecule has 0 heterocycles. The van der Waals surface area contributed by atoms with Crippen LogP contribution in [0.2, 0.25) is 0 Å². The molecule has 0 radical (unpaired) electrons. The number of hydrogen-bond acceptors (Lipinski definition) is 4. The highest BCUT2D eigenvalue weighted by molar-refractivity contribution is 5.41. The van der Waals surface area contributed by atoms with Crippen LogP contribution in [0.25, 0.3) is 0 Å². The Balaban J connectivity index is 1.94. The monoisotopic (exact) mass is 315 g/mol. The lowest BCUT2D eigenvalue weighted by Gasteiger charge is -2.14. The first kappa shape index (κ1) is 17.2. The number of aryl methyl sites for hydroxylation is 2. The Morgan fingerprint density at radius 2 is 1.65 bits per heavy atom. The fourth-order valence-electron chi connectivity index (χ4n) is 2.32. The molecule has 0 aliphatic carbocycles. The third-order valence-electron chi connectivity index (χ3n) is 3.63. The van der Waals surface area contributed by atoms with E-state index in [1.54, 1.807) is 7.11 Å². The van der Waals surface area contributed by atoms with E-state index in [4.69, 9.17) is 19.9 Å². The van der Waals surface area contributed by atoms with Gasteiger partial charge in [0.1, 0.15) is 30.5 Å². The molecule has 0 atom stereocenters. The smallest absolute Gasteiger partial charge is 0.126 e. The lowest BCUT2D eigenvalue weighted by Crippen LogP contribution is -2.12. The highest BCUT2D eigenvalue weighted by atomic mass is 16.5. The topological polar surface area (TPSA) is 53.7 Å². The van der Waals surface area contributed by atoms with E-state index in [0.29, 0.717) is 19.8 Å². The molecule has 2 aromatic carbocycles. The molecule has 0 bridgehead atoms. The molecule has 2 aromatic rings. The number of rotatable bonds is 8. The second kappa shape index (κ2) is 8.44. The van der Waals surface area contributed by atoms with E-state index in [9.17, 15) is 0 Å². The van der Waals surface area contributed by atoms with Gasteiger partial charge < -0.3 is 19.9 Å². The van der Waals surface area contributed by atoms with Crippen molar-refractivity contribution in [1.82, 2.24) is 0 Å². The summed E-state index contributed by atoms with van der Waals surface area (Å²) in [4.78, 5) is 0. The van der Waals surface area contributed by atoms with E-state index in [-0.39, 0.29) is 0 Å². The first-order chi connectivity index (χ1) is 11.1.